The molecule has 1 aliphatic carbocycles. The molecule has 7 nitrogen and oxygen atoms in total. The third kappa shape index (κ3) is 3.18. The first kappa shape index (κ1) is 17.6. The maximum absolute atomic E-state index is 12.8. The van der Waals surface area contributed by atoms with Crippen molar-refractivity contribution in [1.82, 2.24) is 19.1 Å². The number of imidazole rings is 1. The van der Waals surface area contributed by atoms with Crippen LogP contribution in [-0.2, 0) is 7.05 Å². The van der Waals surface area contributed by atoms with Crippen molar-refractivity contribution in [2.24, 2.45) is 7.05 Å². The van der Waals surface area contributed by atoms with Crippen LogP contribution in [-0.4, -0.2) is 26.2 Å². The number of hydrogen-bond acceptors (Lipinski definition) is 5. The number of methoxy groups -OCH3 is 1. The van der Waals surface area contributed by atoms with Gasteiger partial charge in [-0.3, -0.25) is 9.13 Å². The molecule has 7 heteroatoms. The highest BCUT2D eigenvalue weighted by Crippen LogP contribution is 2.30. The Bertz CT molecular complexity index is 1030. The van der Waals surface area contributed by atoms with Crippen LogP contribution >= 0.6 is 0 Å². The second-order valence-electron chi connectivity index (χ2n) is 7.21. The number of nitrogens with one attached hydrogen (secondary N) is 1. The lowest BCUT2D eigenvalue weighted by Gasteiger charge is -2.22. The molecule has 1 aliphatic rings. The first-order valence-electron chi connectivity index (χ1n) is 9.44. The van der Waals surface area contributed by atoms with Gasteiger partial charge < -0.3 is 10.1 Å². The quantitative estimate of drug-likeness (QED) is 0.761. The Morgan fingerprint density at radius 1 is 1.22 bits per heavy atom. The molecule has 0 aliphatic heterocycles. The highest BCUT2D eigenvalue weighted by molar-refractivity contribution is 5.73. The van der Waals surface area contributed by atoms with Gasteiger partial charge in [-0.25, -0.2) is 9.78 Å². The molecule has 0 amide bonds. The van der Waals surface area contributed by atoms with E-state index in [1.807, 2.05) is 29.7 Å². The Labute approximate surface area is 158 Å². The summed E-state index contributed by atoms with van der Waals surface area (Å²) < 4.78 is 8.77. The molecule has 0 saturated heterocycles. The van der Waals surface area contributed by atoms with Gasteiger partial charge >= 0.3 is 5.69 Å². The minimum atomic E-state index is -0.0102. The van der Waals surface area contributed by atoms with Gasteiger partial charge in [-0.2, -0.15) is 4.98 Å². The lowest BCUT2D eigenvalue weighted by atomic mass is 9.95. The van der Waals surface area contributed by atoms with Crippen LogP contribution in [0, 0.1) is 6.92 Å². The van der Waals surface area contributed by atoms with Crippen LogP contribution in [0.4, 0.5) is 11.6 Å². The SMILES string of the molecule is COc1ccc(Nc2ncc3c(n2)n(C2CCCCC2)c(=O)n3C)c(C)c1. The van der Waals surface area contributed by atoms with E-state index in [2.05, 4.69) is 10.3 Å². The minimum Gasteiger partial charge on any atom is -0.497 e. The van der Waals surface area contributed by atoms with E-state index >= 15 is 0 Å². The molecular weight excluding hydrogens is 342 g/mol. The van der Waals surface area contributed by atoms with Crippen molar-refractivity contribution in [1.29, 1.82) is 0 Å². The van der Waals surface area contributed by atoms with E-state index in [0.717, 1.165) is 48.2 Å². The molecule has 0 unspecified atom stereocenters. The zero-order chi connectivity index (χ0) is 19.0. The number of anilines is 2. The molecule has 0 radical (unpaired) electrons. The number of aryl methyl sites for hydroxylation is 2. The Kier molecular flexibility index (Phi) is 4.59. The Hall–Kier alpha value is -2.83. The van der Waals surface area contributed by atoms with E-state index in [1.165, 1.54) is 6.42 Å². The van der Waals surface area contributed by atoms with Gasteiger partial charge in [0.2, 0.25) is 5.95 Å². The minimum absolute atomic E-state index is 0.0102. The molecule has 27 heavy (non-hydrogen) atoms. The number of aromatic nitrogens is 4. The molecule has 1 aromatic carbocycles. The molecule has 2 aromatic heterocycles. The molecule has 1 saturated carbocycles. The van der Waals surface area contributed by atoms with E-state index in [1.54, 1.807) is 24.9 Å². The number of nitrogens with zero attached hydrogens (tertiary/aromatic N) is 4. The number of rotatable bonds is 4. The smallest absolute Gasteiger partial charge is 0.330 e. The largest absolute Gasteiger partial charge is 0.497 e. The second kappa shape index (κ2) is 7.06. The van der Waals surface area contributed by atoms with E-state index in [0.29, 0.717) is 11.6 Å². The van der Waals surface area contributed by atoms with Crippen molar-refractivity contribution in [2.45, 2.75) is 45.1 Å². The Balaban J connectivity index is 1.74. The van der Waals surface area contributed by atoms with Crippen LogP contribution in [0.1, 0.15) is 43.7 Å². The zero-order valence-electron chi connectivity index (χ0n) is 16.0. The summed E-state index contributed by atoms with van der Waals surface area (Å²) in [5, 5.41) is 3.27. The molecule has 1 fully saturated rings. The van der Waals surface area contributed by atoms with Crippen LogP contribution < -0.4 is 15.7 Å². The van der Waals surface area contributed by atoms with Crippen LogP contribution in [0.3, 0.4) is 0 Å². The van der Waals surface area contributed by atoms with E-state index in [-0.39, 0.29) is 11.7 Å². The number of fused-ring (bicyclic) bond motifs is 1. The highest BCUT2D eigenvalue weighted by atomic mass is 16.5. The summed E-state index contributed by atoms with van der Waals surface area (Å²) in [6, 6.07) is 6.02. The van der Waals surface area contributed by atoms with Crippen LogP contribution in [0.2, 0.25) is 0 Å². The molecule has 1 N–H and O–H groups in total. The van der Waals surface area contributed by atoms with E-state index in [4.69, 9.17) is 9.72 Å². The number of ether oxygens (including phenoxy) is 1. The van der Waals surface area contributed by atoms with Gasteiger partial charge in [0.25, 0.3) is 0 Å². The van der Waals surface area contributed by atoms with Gasteiger partial charge in [-0.15, -0.1) is 0 Å². The fourth-order valence-corrected chi connectivity index (χ4v) is 3.89. The normalized spacial score (nSPS) is 15.2. The summed E-state index contributed by atoms with van der Waals surface area (Å²) in [5.74, 6) is 1.30. The second-order valence-corrected chi connectivity index (χ2v) is 7.21. The maximum Gasteiger partial charge on any atom is 0.330 e. The van der Waals surface area contributed by atoms with Gasteiger partial charge in [-0.1, -0.05) is 19.3 Å². The number of hydrogen-bond donors (Lipinski definition) is 1. The van der Waals surface area contributed by atoms with Gasteiger partial charge in [0.15, 0.2) is 5.65 Å². The summed E-state index contributed by atoms with van der Waals surface area (Å²) in [6.45, 7) is 2.00. The Morgan fingerprint density at radius 3 is 2.70 bits per heavy atom. The average Bonchev–Trinajstić information content (AvgIpc) is 2.94. The van der Waals surface area contributed by atoms with Crippen LogP contribution in [0.25, 0.3) is 11.2 Å². The lowest BCUT2D eigenvalue weighted by molar-refractivity contribution is 0.350. The molecule has 2 heterocycles. The summed E-state index contributed by atoms with van der Waals surface area (Å²) >= 11 is 0. The fraction of sp³-hybridized carbons (Fsp3) is 0.450. The molecule has 142 valence electrons. The third-order valence-corrected chi connectivity index (χ3v) is 5.45. The summed E-state index contributed by atoms with van der Waals surface area (Å²) in [7, 11) is 3.44. The maximum atomic E-state index is 12.8. The van der Waals surface area contributed by atoms with Crippen LogP contribution in [0.5, 0.6) is 5.75 Å². The summed E-state index contributed by atoms with van der Waals surface area (Å²) in [5.41, 5.74) is 3.41. The summed E-state index contributed by atoms with van der Waals surface area (Å²) in [4.78, 5) is 21.9. The summed E-state index contributed by atoms with van der Waals surface area (Å²) in [6.07, 6.45) is 7.36. The topological polar surface area (TPSA) is 74.0 Å². The van der Waals surface area contributed by atoms with Gasteiger partial charge in [-0.05, 0) is 43.5 Å². The standard InChI is InChI=1S/C20H25N5O2/c1-13-11-15(27-3)9-10-16(13)22-19-21-12-17-18(23-19)25(20(26)24(17)2)14-7-5-4-6-8-14/h9-12,14H,4-8H2,1-3H3,(H,21,22,23). The van der Waals surface area contributed by atoms with Crippen molar-refractivity contribution in [3.63, 3.8) is 0 Å². The van der Waals surface area contributed by atoms with Crippen molar-refractivity contribution >= 4 is 22.8 Å². The van der Waals surface area contributed by atoms with Gasteiger partial charge in [0, 0.05) is 18.8 Å². The van der Waals surface area contributed by atoms with Gasteiger partial charge in [0.1, 0.15) is 11.3 Å². The lowest BCUT2D eigenvalue weighted by Crippen LogP contribution is -2.27. The molecule has 0 atom stereocenters. The first-order chi connectivity index (χ1) is 13.1. The average molecular weight is 367 g/mol. The van der Waals surface area contributed by atoms with E-state index in [9.17, 15) is 4.79 Å². The van der Waals surface area contributed by atoms with Crippen molar-refractivity contribution in [2.75, 3.05) is 12.4 Å². The molecule has 0 spiro atoms. The predicted octanol–water partition coefficient (Wildman–Crippen LogP) is 3.70. The highest BCUT2D eigenvalue weighted by Gasteiger charge is 2.23. The van der Waals surface area contributed by atoms with Crippen molar-refractivity contribution in [3.05, 3.63) is 40.4 Å². The van der Waals surface area contributed by atoms with Crippen LogP contribution in [0.15, 0.2) is 29.2 Å². The predicted molar refractivity (Wildman–Crippen MR) is 106 cm³/mol. The van der Waals surface area contributed by atoms with Gasteiger partial charge in [0.05, 0.1) is 13.3 Å². The molecular formula is C20H25N5O2. The first-order valence-corrected chi connectivity index (χ1v) is 9.44. The van der Waals surface area contributed by atoms with Crippen molar-refractivity contribution in [3.8, 4) is 5.75 Å². The Morgan fingerprint density at radius 2 is 2.00 bits per heavy atom. The molecule has 0 bridgehead atoms. The molecule has 3 aromatic rings. The number of benzene rings is 1. The fourth-order valence-electron chi connectivity index (χ4n) is 3.89. The monoisotopic (exact) mass is 367 g/mol. The zero-order valence-corrected chi connectivity index (χ0v) is 16.0. The molecule has 4 rings (SSSR count). The van der Waals surface area contributed by atoms with E-state index < -0.39 is 0 Å². The third-order valence-electron chi connectivity index (χ3n) is 5.45. The van der Waals surface area contributed by atoms with Crippen molar-refractivity contribution < 1.29 is 4.74 Å².